The first-order valence-corrected chi connectivity index (χ1v) is 5.09. The van der Waals surface area contributed by atoms with Crippen LogP contribution in [-0.2, 0) is 9.53 Å². The van der Waals surface area contributed by atoms with Gasteiger partial charge in [-0.2, -0.15) is 0 Å². The molecule has 0 saturated heterocycles. The van der Waals surface area contributed by atoms with Gasteiger partial charge in [0.1, 0.15) is 6.61 Å². The van der Waals surface area contributed by atoms with Crippen LogP contribution in [0.25, 0.3) is 0 Å². The Labute approximate surface area is 86.4 Å². The standard InChI is InChI=1S/C10H22N2O2/c1-9(2)7-14-8-10(13)12(3)6-4-5-11/h9H,4-8,11H2,1-3H3. The highest BCUT2D eigenvalue weighted by Crippen LogP contribution is 1.94. The van der Waals surface area contributed by atoms with E-state index in [0.29, 0.717) is 25.6 Å². The van der Waals surface area contributed by atoms with Gasteiger partial charge in [-0.05, 0) is 18.9 Å². The second-order valence-corrected chi connectivity index (χ2v) is 3.87. The fourth-order valence-electron chi connectivity index (χ4n) is 0.945. The van der Waals surface area contributed by atoms with Gasteiger partial charge in [0, 0.05) is 20.2 Å². The van der Waals surface area contributed by atoms with Gasteiger partial charge >= 0.3 is 0 Å². The summed E-state index contributed by atoms with van der Waals surface area (Å²) >= 11 is 0. The van der Waals surface area contributed by atoms with Crippen LogP contribution in [0.15, 0.2) is 0 Å². The number of likely N-dealkylation sites (N-methyl/N-ethyl adjacent to an activating group) is 1. The summed E-state index contributed by atoms with van der Waals surface area (Å²) in [5, 5.41) is 0. The van der Waals surface area contributed by atoms with Crippen molar-refractivity contribution in [2.24, 2.45) is 11.7 Å². The zero-order valence-corrected chi connectivity index (χ0v) is 9.45. The van der Waals surface area contributed by atoms with Crippen molar-refractivity contribution >= 4 is 5.91 Å². The second kappa shape index (κ2) is 7.76. The summed E-state index contributed by atoms with van der Waals surface area (Å²) in [6, 6.07) is 0. The third-order valence-corrected chi connectivity index (χ3v) is 1.80. The Morgan fingerprint density at radius 1 is 1.50 bits per heavy atom. The molecule has 0 saturated carbocycles. The second-order valence-electron chi connectivity index (χ2n) is 3.87. The average molecular weight is 202 g/mol. The van der Waals surface area contributed by atoms with Crippen molar-refractivity contribution < 1.29 is 9.53 Å². The van der Waals surface area contributed by atoms with Gasteiger partial charge < -0.3 is 15.4 Å². The number of hydrogen-bond acceptors (Lipinski definition) is 3. The molecule has 0 aromatic carbocycles. The third kappa shape index (κ3) is 6.86. The van der Waals surface area contributed by atoms with Gasteiger partial charge in [0.05, 0.1) is 0 Å². The van der Waals surface area contributed by atoms with Gasteiger partial charge in [-0.3, -0.25) is 4.79 Å². The van der Waals surface area contributed by atoms with Crippen molar-refractivity contribution in [3.05, 3.63) is 0 Å². The fourth-order valence-corrected chi connectivity index (χ4v) is 0.945. The molecule has 0 heterocycles. The molecule has 0 fully saturated rings. The number of rotatable bonds is 7. The van der Waals surface area contributed by atoms with E-state index in [9.17, 15) is 4.79 Å². The normalized spacial score (nSPS) is 10.6. The minimum Gasteiger partial charge on any atom is -0.371 e. The highest BCUT2D eigenvalue weighted by atomic mass is 16.5. The topological polar surface area (TPSA) is 55.6 Å². The Morgan fingerprint density at radius 3 is 2.64 bits per heavy atom. The van der Waals surface area contributed by atoms with Crippen molar-refractivity contribution in [1.29, 1.82) is 0 Å². The molecule has 0 aromatic rings. The Balaban J connectivity index is 3.52. The van der Waals surface area contributed by atoms with Gasteiger partial charge in [0.25, 0.3) is 0 Å². The van der Waals surface area contributed by atoms with E-state index in [1.165, 1.54) is 0 Å². The molecule has 0 aromatic heterocycles. The van der Waals surface area contributed by atoms with Crippen LogP contribution in [0.3, 0.4) is 0 Å². The van der Waals surface area contributed by atoms with Crippen LogP contribution in [0.4, 0.5) is 0 Å². The molecule has 0 rings (SSSR count). The lowest BCUT2D eigenvalue weighted by atomic mass is 10.2. The van der Waals surface area contributed by atoms with E-state index in [1.807, 2.05) is 0 Å². The van der Waals surface area contributed by atoms with Gasteiger partial charge in [-0.1, -0.05) is 13.8 Å². The summed E-state index contributed by atoms with van der Waals surface area (Å²) in [6.45, 7) is 6.26. The van der Waals surface area contributed by atoms with Crippen LogP contribution in [0.5, 0.6) is 0 Å². The number of ether oxygens (including phenoxy) is 1. The quantitative estimate of drug-likeness (QED) is 0.653. The van der Waals surface area contributed by atoms with Crippen molar-refractivity contribution in [2.45, 2.75) is 20.3 Å². The molecule has 84 valence electrons. The SMILES string of the molecule is CC(C)COCC(=O)N(C)CCCN. The van der Waals surface area contributed by atoms with E-state index in [2.05, 4.69) is 13.8 Å². The molecule has 4 nitrogen and oxygen atoms in total. The monoisotopic (exact) mass is 202 g/mol. The van der Waals surface area contributed by atoms with Crippen LogP contribution in [0.1, 0.15) is 20.3 Å². The summed E-state index contributed by atoms with van der Waals surface area (Å²) in [4.78, 5) is 13.1. The summed E-state index contributed by atoms with van der Waals surface area (Å²) in [6.07, 6.45) is 0.840. The molecule has 0 aliphatic rings. The molecule has 2 N–H and O–H groups in total. The van der Waals surface area contributed by atoms with Gasteiger partial charge in [0.15, 0.2) is 0 Å². The van der Waals surface area contributed by atoms with Crippen molar-refractivity contribution in [1.82, 2.24) is 4.90 Å². The van der Waals surface area contributed by atoms with E-state index >= 15 is 0 Å². The fraction of sp³-hybridized carbons (Fsp3) is 0.900. The zero-order chi connectivity index (χ0) is 11.0. The lowest BCUT2D eigenvalue weighted by Crippen LogP contribution is -2.32. The summed E-state index contributed by atoms with van der Waals surface area (Å²) in [5.74, 6) is 0.497. The van der Waals surface area contributed by atoms with E-state index < -0.39 is 0 Å². The van der Waals surface area contributed by atoms with E-state index in [0.717, 1.165) is 6.42 Å². The Kier molecular flexibility index (Phi) is 7.42. The van der Waals surface area contributed by atoms with Crippen LogP contribution in [0.2, 0.25) is 0 Å². The Hall–Kier alpha value is -0.610. The Morgan fingerprint density at radius 2 is 2.14 bits per heavy atom. The molecule has 0 unspecified atom stereocenters. The van der Waals surface area contributed by atoms with Crippen molar-refractivity contribution in [2.75, 3.05) is 33.4 Å². The van der Waals surface area contributed by atoms with E-state index in [1.54, 1.807) is 11.9 Å². The summed E-state index contributed by atoms with van der Waals surface area (Å²) in [5.41, 5.74) is 5.35. The van der Waals surface area contributed by atoms with Crippen LogP contribution < -0.4 is 5.73 Å². The number of hydrogen-bond donors (Lipinski definition) is 1. The number of carbonyl (C=O) groups excluding carboxylic acids is 1. The molecule has 0 aliphatic heterocycles. The molecule has 0 atom stereocenters. The minimum atomic E-state index is 0.0269. The molecule has 1 amide bonds. The minimum absolute atomic E-state index is 0.0269. The van der Waals surface area contributed by atoms with Crippen molar-refractivity contribution in [3.63, 3.8) is 0 Å². The van der Waals surface area contributed by atoms with Crippen molar-refractivity contribution in [3.8, 4) is 0 Å². The van der Waals surface area contributed by atoms with Crippen LogP contribution in [0, 0.1) is 5.92 Å². The zero-order valence-electron chi connectivity index (χ0n) is 9.45. The first kappa shape index (κ1) is 13.4. The van der Waals surface area contributed by atoms with E-state index in [-0.39, 0.29) is 12.5 Å². The lowest BCUT2D eigenvalue weighted by Gasteiger charge is -2.16. The first-order chi connectivity index (χ1) is 6.57. The molecular weight excluding hydrogens is 180 g/mol. The number of nitrogens with two attached hydrogens (primary N) is 1. The summed E-state index contributed by atoms with van der Waals surface area (Å²) in [7, 11) is 1.77. The molecule has 0 aliphatic carbocycles. The first-order valence-electron chi connectivity index (χ1n) is 5.09. The molecule has 0 spiro atoms. The van der Waals surface area contributed by atoms with Crippen LogP contribution >= 0.6 is 0 Å². The smallest absolute Gasteiger partial charge is 0.248 e. The third-order valence-electron chi connectivity index (χ3n) is 1.80. The molecule has 14 heavy (non-hydrogen) atoms. The number of nitrogens with zero attached hydrogens (tertiary/aromatic N) is 1. The predicted octanol–water partition coefficient (Wildman–Crippen LogP) is 0.466. The summed E-state index contributed by atoms with van der Waals surface area (Å²) < 4.78 is 5.24. The molecule has 0 radical (unpaired) electrons. The van der Waals surface area contributed by atoms with Crippen LogP contribution in [-0.4, -0.2) is 44.2 Å². The van der Waals surface area contributed by atoms with E-state index in [4.69, 9.17) is 10.5 Å². The average Bonchev–Trinajstić information content (AvgIpc) is 2.13. The lowest BCUT2D eigenvalue weighted by molar-refractivity contribution is -0.135. The van der Waals surface area contributed by atoms with Gasteiger partial charge in [-0.15, -0.1) is 0 Å². The predicted molar refractivity (Wildman–Crippen MR) is 57.0 cm³/mol. The maximum absolute atomic E-state index is 11.4. The maximum atomic E-state index is 11.4. The maximum Gasteiger partial charge on any atom is 0.248 e. The highest BCUT2D eigenvalue weighted by Gasteiger charge is 2.07. The van der Waals surface area contributed by atoms with Gasteiger partial charge in [0.2, 0.25) is 5.91 Å². The highest BCUT2D eigenvalue weighted by molar-refractivity contribution is 5.77. The number of amides is 1. The Bertz CT molecular complexity index is 160. The van der Waals surface area contributed by atoms with Gasteiger partial charge in [-0.25, -0.2) is 0 Å². The number of carbonyl (C=O) groups is 1. The molecular formula is C10H22N2O2. The largest absolute Gasteiger partial charge is 0.371 e. The molecule has 4 heteroatoms. The molecule has 0 bridgehead atoms.